The number of anilines is 1. The summed E-state index contributed by atoms with van der Waals surface area (Å²) in [6.07, 6.45) is 1.46. The molecule has 0 saturated carbocycles. The molecule has 2 aromatic carbocycles. The first kappa shape index (κ1) is 18.8. The normalized spacial score (nSPS) is 15.0. The van der Waals surface area contributed by atoms with E-state index in [9.17, 15) is 4.79 Å². The summed E-state index contributed by atoms with van der Waals surface area (Å²) in [7, 11) is 0. The quantitative estimate of drug-likeness (QED) is 0.604. The Labute approximate surface area is 167 Å². The summed E-state index contributed by atoms with van der Waals surface area (Å²) >= 11 is 0. The number of hydrogen-bond donors (Lipinski definition) is 1. The van der Waals surface area contributed by atoms with Gasteiger partial charge in [0.25, 0.3) is 11.8 Å². The van der Waals surface area contributed by atoms with Gasteiger partial charge < -0.3 is 18.6 Å². The van der Waals surface area contributed by atoms with E-state index in [4.69, 9.17) is 18.6 Å². The first-order valence-corrected chi connectivity index (χ1v) is 9.49. The monoisotopic (exact) mass is 395 g/mol. The maximum atomic E-state index is 12.5. The summed E-state index contributed by atoms with van der Waals surface area (Å²) in [4.78, 5) is 12.5. The van der Waals surface area contributed by atoms with E-state index in [-0.39, 0.29) is 24.4 Å². The number of nitrogens with zero attached hydrogens (tertiary/aromatic N) is 2. The molecule has 1 aliphatic rings. The lowest BCUT2D eigenvalue weighted by molar-refractivity contribution is 0.0716. The van der Waals surface area contributed by atoms with Crippen LogP contribution >= 0.6 is 0 Å². The van der Waals surface area contributed by atoms with Crippen LogP contribution in [-0.4, -0.2) is 29.3 Å². The van der Waals surface area contributed by atoms with Crippen LogP contribution in [-0.2, 0) is 0 Å². The van der Waals surface area contributed by atoms with Gasteiger partial charge in [-0.3, -0.25) is 10.1 Å². The fraction of sp³-hybridized carbons (Fsp3) is 0.286. The van der Waals surface area contributed by atoms with E-state index in [0.29, 0.717) is 29.4 Å². The molecule has 0 unspecified atom stereocenters. The van der Waals surface area contributed by atoms with Crippen LogP contribution in [0.15, 0.2) is 52.9 Å². The van der Waals surface area contributed by atoms with Crippen molar-refractivity contribution in [2.75, 3.05) is 18.5 Å². The third-order valence-corrected chi connectivity index (χ3v) is 4.31. The number of aromatic nitrogens is 2. The summed E-state index contributed by atoms with van der Waals surface area (Å²) in [6.45, 7) is 2.94. The van der Waals surface area contributed by atoms with E-state index in [1.807, 2.05) is 24.3 Å². The largest absolute Gasteiger partial charge is 0.494 e. The minimum atomic E-state index is -0.543. The summed E-state index contributed by atoms with van der Waals surface area (Å²) < 4.78 is 22.7. The van der Waals surface area contributed by atoms with Gasteiger partial charge in [0.1, 0.15) is 12.4 Å². The highest BCUT2D eigenvalue weighted by Crippen LogP contribution is 2.35. The van der Waals surface area contributed by atoms with Gasteiger partial charge in [0.05, 0.1) is 6.61 Å². The molecule has 8 nitrogen and oxygen atoms in total. The van der Waals surface area contributed by atoms with E-state index >= 15 is 0 Å². The molecule has 1 aromatic heterocycles. The number of amides is 1. The summed E-state index contributed by atoms with van der Waals surface area (Å²) in [5.74, 6) is 1.77. The van der Waals surface area contributed by atoms with E-state index in [1.54, 1.807) is 24.3 Å². The van der Waals surface area contributed by atoms with Gasteiger partial charge >= 0.3 is 6.01 Å². The molecule has 2 heterocycles. The van der Waals surface area contributed by atoms with Crippen LogP contribution in [0.4, 0.5) is 6.01 Å². The summed E-state index contributed by atoms with van der Waals surface area (Å²) in [5.41, 5.74) is 0.435. The Kier molecular flexibility index (Phi) is 5.60. The summed E-state index contributed by atoms with van der Waals surface area (Å²) in [5, 5.41) is 10.4. The van der Waals surface area contributed by atoms with Crippen LogP contribution in [0.1, 0.15) is 42.1 Å². The van der Waals surface area contributed by atoms with Gasteiger partial charge in [-0.25, -0.2) is 0 Å². The van der Waals surface area contributed by atoms with Crippen molar-refractivity contribution in [1.82, 2.24) is 10.2 Å². The van der Waals surface area contributed by atoms with E-state index in [2.05, 4.69) is 22.4 Å². The number of carbonyl (C=O) groups is 1. The van der Waals surface area contributed by atoms with Crippen molar-refractivity contribution in [1.29, 1.82) is 0 Å². The minimum Gasteiger partial charge on any atom is -0.494 e. The number of carbonyl (C=O) groups excluding carboxylic acids is 1. The molecular formula is C21H21N3O5. The molecule has 0 aliphatic carbocycles. The average Bonchev–Trinajstić information content (AvgIpc) is 3.22. The predicted octanol–water partition coefficient (Wildman–Crippen LogP) is 4.01. The number of hydrogen-bond acceptors (Lipinski definition) is 7. The Balaban J connectivity index is 1.39. The topological polar surface area (TPSA) is 95.7 Å². The molecule has 0 radical (unpaired) electrons. The highest BCUT2D eigenvalue weighted by Gasteiger charge is 2.27. The fourth-order valence-corrected chi connectivity index (χ4v) is 2.79. The molecule has 1 N–H and O–H groups in total. The zero-order chi connectivity index (χ0) is 20.1. The molecule has 8 heteroatoms. The second-order valence-electron chi connectivity index (χ2n) is 6.49. The highest BCUT2D eigenvalue weighted by molar-refractivity contribution is 6.03. The Morgan fingerprint density at radius 2 is 2.03 bits per heavy atom. The minimum absolute atomic E-state index is 0.00948. The maximum Gasteiger partial charge on any atom is 0.322 e. The van der Waals surface area contributed by atoms with Crippen molar-refractivity contribution in [2.45, 2.75) is 25.9 Å². The number of ether oxygens (including phenoxy) is 3. The zero-order valence-electron chi connectivity index (χ0n) is 16.0. The molecule has 29 heavy (non-hydrogen) atoms. The van der Waals surface area contributed by atoms with Crippen LogP contribution in [0.3, 0.4) is 0 Å². The number of unbranched alkanes of at least 4 members (excludes halogenated alkanes) is 1. The average molecular weight is 395 g/mol. The molecule has 1 atom stereocenters. The first-order valence-electron chi connectivity index (χ1n) is 9.49. The smallest absolute Gasteiger partial charge is 0.322 e. The van der Waals surface area contributed by atoms with Crippen molar-refractivity contribution >= 4 is 11.9 Å². The van der Waals surface area contributed by atoms with Crippen LogP contribution in [0.5, 0.6) is 17.2 Å². The van der Waals surface area contributed by atoms with Gasteiger partial charge in [0, 0.05) is 5.56 Å². The number of benzene rings is 2. The van der Waals surface area contributed by atoms with Crippen LogP contribution in [0.25, 0.3) is 0 Å². The SMILES string of the molecule is CCCCOc1cccc(C(=O)Nc2nnc([C@H]3COc4ccccc4O3)o2)c1. The Hall–Kier alpha value is -3.55. The van der Waals surface area contributed by atoms with Crippen molar-refractivity contribution in [2.24, 2.45) is 0 Å². The molecule has 3 aromatic rings. The van der Waals surface area contributed by atoms with Gasteiger partial charge in [-0.05, 0) is 36.8 Å². The number of nitrogens with one attached hydrogen (secondary N) is 1. The van der Waals surface area contributed by atoms with E-state index in [0.717, 1.165) is 12.8 Å². The van der Waals surface area contributed by atoms with Gasteiger partial charge in [-0.2, -0.15) is 0 Å². The molecule has 0 fully saturated rings. The molecule has 0 saturated heterocycles. The molecule has 0 bridgehead atoms. The van der Waals surface area contributed by atoms with Gasteiger partial charge in [0.15, 0.2) is 11.5 Å². The Morgan fingerprint density at radius 3 is 2.90 bits per heavy atom. The highest BCUT2D eigenvalue weighted by atomic mass is 16.6. The second kappa shape index (κ2) is 8.64. The zero-order valence-corrected chi connectivity index (χ0v) is 16.0. The molecule has 0 spiro atoms. The third-order valence-electron chi connectivity index (χ3n) is 4.31. The molecule has 1 aliphatic heterocycles. The first-order chi connectivity index (χ1) is 14.2. The van der Waals surface area contributed by atoms with Crippen LogP contribution in [0, 0.1) is 0 Å². The number of rotatable bonds is 7. The van der Waals surface area contributed by atoms with Crippen molar-refractivity contribution in [3.05, 3.63) is 60.0 Å². The van der Waals surface area contributed by atoms with Gasteiger partial charge in [0.2, 0.25) is 6.10 Å². The van der Waals surface area contributed by atoms with Crippen LogP contribution < -0.4 is 19.5 Å². The Bertz CT molecular complexity index is 988. The summed E-state index contributed by atoms with van der Waals surface area (Å²) in [6, 6.07) is 14.3. The lowest BCUT2D eigenvalue weighted by Gasteiger charge is -2.23. The van der Waals surface area contributed by atoms with Gasteiger partial charge in [-0.15, -0.1) is 5.10 Å². The predicted molar refractivity (Wildman–Crippen MR) is 104 cm³/mol. The standard InChI is InChI=1S/C21H21N3O5/c1-2-3-11-26-15-8-6-7-14(12-15)19(25)22-21-24-23-20(29-21)18-13-27-16-9-4-5-10-17(16)28-18/h4-10,12,18H,2-3,11,13H2,1H3,(H,22,24,25)/t18-/m1/s1. The van der Waals surface area contributed by atoms with Crippen molar-refractivity contribution in [3.63, 3.8) is 0 Å². The van der Waals surface area contributed by atoms with E-state index < -0.39 is 6.10 Å². The van der Waals surface area contributed by atoms with E-state index in [1.165, 1.54) is 0 Å². The fourth-order valence-electron chi connectivity index (χ4n) is 2.79. The number of para-hydroxylation sites is 2. The lowest BCUT2D eigenvalue weighted by Crippen LogP contribution is -2.21. The Morgan fingerprint density at radius 1 is 1.17 bits per heavy atom. The number of fused-ring (bicyclic) bond motifs is 1. The molecule has 1 amide bonds. The molecule has 4 rings (SSSR count). The van der Waals surface area contributed by atoms with Crippen molar-refractivity contribution in [3.8, 4) is 17.2 Å². The van der Waals surface area contributed by atoms with Gasteiger partial charge in [-0.1, -0.05) is 36.6 Å². The molecular weight excluding hydrogens is 374 g/mol. The lowest BCUT2D eigenvalue weighted by atomic mass is 10.2. The second-order valence-corrected chi connectivity index (χ2v) is 6.49. The van der Waals surface area contributed by atoms with Crippen LogP contribution in [0.2, 0.25) is 0 Å². The maximum absolute atomic E-state index is 12.5. The van der Waals surface area contributed by atoms with Crippen molar-refractivity contribution < 1.29 is 23.4 Å². The third kappa shape index (κ3) is 4.48. The molecule has 150 valence electrons.